The van der Waals surface area contributed by atoms with E-state index < -0.39 is 6.04 Å². The van der Waals surface area contributed by atoms with Crippen LogP contribution in [0.3, 0.4) is 0 Å². The number of rotatable bonds is 4. The number of hydrogen-bond donors (Lipinski definition) is 1. The monoisotopic (exact) mass is 462 g/mol. The number of esters is 1. The molecule has 1 N–H and O–H groups in total. The van der Waals surface area contributed by atoms with E-state index in [2.05, 4.69) is 10.4 Å². The maximum absolute atomic E-state index is 13.6. The van der Waals surface area contributed by atoms with Gasteiger partial charge < -0.3 is 15.0 Å². The molecular formula is C22H24Cl2N4O3. The molecule has 1 aromatic heterocycles. The van der Waals surface area contributed by atoms with E-state index in [4.69, 9.17) is 27.9 Å². The Bertz CT molecular complexity index is 1040. The number of halogens is 2. The number of nitrogens with zero attached hydrogens (tertiary/aromatic N) is 3. The molecule has 1 aromatic carbocycles. The van der Waals surface area contributed by atoms with Crippen molar-refractivity contribution in [3.63, 3.8) is 0 Å². The summed E-state index contributed by atoms with van der Waals surface area (Å²) in [6, 6.07) is 6.80. The molecule has 4 rings (SSSR count). The van der Waals surface area contributed by atoms with E-state index in [9.17, 15) is 9.59 Å². The smallest absolute Gasteiger partial charge is 0.309 e. The summed E-state index contributed by atoms with van der Waals surface area (Å²) in [6.45, 7) is 5.06. The zero-order valence-electron chi connectivity index (χ0n) is 17.4. The Morgan fingerprint density at radius 1 is 1.19 bits per heavy atom. The molecule has 2 aliphatic heterocycles. The summed E-state index contributed by atoms with van der Waals surface area (Å²) in [7, 11) is 0. The largest absolute Gasteiger partial charge is 0.466 e. The average molecular weight is 463 g/mol. The van der Waals surface area contributed by atoms with E-state index in [0.717, 1.165) is 17.1 Å². The van der Waals surface area contributed by atoms with Gasteiger partial charge in [-0.05, 0) is 44.4 Å². The molecule has 0 spiro atoms. The van der Waals surface area contributed by atoms with Crippen molar-refractivity contribution in [3.05, 3.63) is 57.3 Å². The second-order valence-corrected chi connectivity index (χ2v) is 8.53. The molecule has 3 heterocycles. The van der Waals surface area contributed by atoms with Gasteiger partial charge in [0.2, 0.25) is 0 Å². The molecule has 7 nitrogen and oxygen atoms in total. The lowest BCUT2D eigenvalue weighted by Gasteiger charge is -2.36. The number of piperidine rings is 1. The number of hydrogen-bond acceptors (Lipinski definition) is 5. The molecule has 9 heteroatoms. The minimum Gasteiger partial charge on any atom is -0.466 e. The Morgan fingerprint density at radius 2 is 1.94 bits per heavy atom. The van der Waals surface area contributed by atoms with Crippen molar-refractivity contribution in [1.29, 1.82) is 0 Å². The number of aromatic nitrogens is 2. The fraction of sp³-hybridized carbons (Fsp3) is 0.409. The van der Waals surface area contributed by atoms with Gasteiger partial charge in [0.1, 0.15) is 11.9 Å². The van der Waals surface area contributed by atoms with Crippen LogP contribution in [0.25, 0.3) is 0 Å². The van der Waals surface area contributed by atoms with Crippen LogP contribution in [-0.2, 0) is 14.3 Å². The van der Waals surface area contributed by atoms with Gasteiger partial charge in [-0.1, -0.05) is 29.3 Å². The lowest BCUT2D eigenvalue weighted by Crippen LogP contribution is -2.43. The van der Waals surface area contributed by atoms with Gasteiger partial charge in [0.15, 0.2) is 0 Å². The first-order valence-electron chi connectivity index (χ1n) is 10.3. The highest BCUT2D eigenvalue weighted by Crippen LogP contribution is 2.38. The highest BCUT2D eigenvalue weighted by atomic mass is 35.5. The van der Waals surface area contributed by atoms with Crippen molar-refractivity contribution in [3.8, 4) is 0 Å². The van der Waals surface area contributed by atoms with Crippen LogP contribution < -0.4 is 5.32 Å². The molecule has 1 atom stereocenters. The number of allylic oxidation sites excluding steroid dienone is 1. The first-order valence-corrected chi connectivity index (χ1v) is 11.1. The minimum absolute atomic E-state index is 0.0791. The number of nitrogens with one attached hydrogen (secondary N) is 1. The van der Waals surface area contributed by atoms with Crippen LogP contribution in [0.5, 0.6) is 0 Å². The first kappa shape index (κ1) is 21.7. The van der Waals surface area contributed by atoms with Gasteiger partial charge in [-0.3, -0.25) is 9.59 Å². The molecule has 0 aliphatic carbocycles. The van der Waals surface area contributed by atoms with Crippen molar-refractivity contribution >= 4 is 40.9 Å². The number of fused-ring (bicyclic) bond motifs is 1. The molecule has 1 unspecified atom stereocenters. The molecule has 2 aliphatic rings. The number of benzene rings is 1. The van der Waals surface area contributed by atoms with Crippen molar-refractivity contribution in [1.82, 2.24) is 14.7 Å². The van der Waals surface area contributed by atoms with E-state index in [1.165, 1.54) is 0 Å². The Balaban J connectivity index is 1.63. The van der Waals surface area contributed by atoms with E-state index in [-0.39, 0.29) is 17.8 Å². The summed E-state index contributed by atoms with van der Waals surface area (Å²) in [5, 5.41) is 8.60. The predicted octanol–water partition coefficient (Wildman–Crippen LogP) is 4.28. The maximum atomic E-state index is 13.6. The van der Waals surface area contributed by atoms with Crippen LogP contribution in [0.4, 0.5) is 5.82 Å². The van der Waals surface area contributed by atoms with Gasteiger partial charge in [0, 0.05) is 24.9 Å². The third-order valence-electron chi connectivity index (χ3n) is 5.80. The summed E-state index contributed by atoms with van der Waals surface area (Å²) >= 11 is 12.4. The predicted molar refractivity (Wildman–Crippen MR) is 119 cm³/mol. The number of carbonyl (C=O) groups is 2. The summed E-state index contributed by atoms with van der Waals surface area (Å²) in [5.74, 6) is 0.377. The fourth-order valence-corrected chi connectivity index (χ4v) is 4.53. The van der Waals surface area contributed by atoms with Crippen LogP contribution >= 0.6 is 23.2 Å². The number of likely N-dealkylation sites (tertiary alicyclic amines) is 1. The summed E-state index contributed by atoms with van der Waals surface area (Å²) in [4.78, 5) is 27.5. The number of amides is 1. The van der Waals surface area contributed by atoms with Gasteiger partial charge >= 0.3 is 5.97 Å². The second-order valence-electron chi connectivity index (χ2n) is 7.72. The van der Waals surface area contributed by atoms with Gasteiger partial charge in [-0.25, -0.2) is 4.68 Å². The summed E-state index contributed by atoms with van der Waals surface area (Å²) in [5.41, 5.74) is 2.19. The zero-order chi connectivity index (χ0) is 22.1. The molecule has 1 amide bonds. The molecule has 0 bridgehead atoms. The molecule has 164 valence electrons. The summed E-state index contributed by atoms with van der Waals surface area (Å²) < 4.78 is 6.92. The Morgan fingerprint density at radius 3 is 2.61 bits per heavy atom. The van der Waals surface area contributed by atoms with Crippen LogP contribution in [0.1, 0.15) is 38.3 Å². The lowest BCUT2D eigenvalue weighted by atomic mass is 9.92. The molecule has 1 saturated heterocycles. The van der Waals surface area contributed by atoms with Crippen LogP contribution in [-0.4, -0.2) is 46.3 Å². The van der Waals surface area contributed by atoms with Crippen LogP contribution in [0.2, 0.25) is 10.0 Å². The SMILES string of the molecule is CCOC(=O)C1CCN(C(=O)C2=C(C)Nc3ccnn3C2c2ccc(Cl)c(Cl)c2)CC1. The number of carbonyl (C=O) groups excluding carboxylic acids is 2. The van der Waals surface area contributed by atoms with E-state index in [0.29, 0.717) is 48.2 Å². The molecule has 31 heavy (non-hydrogen) atoms. The van der Waals surface area contributed by atoms with Crippen LogP contribution in [0.15, 0.2) is 41.7 Å². The lowest BCUT2D eigenvalue weighted by molar-refractivity contribution is -0.150. The number of anilines is 1. The number of ether oxygens (including phenoxy) is 1. The van der Waals surface area contributed by atoms with Crippen molar-refractivity contribution in [2.24, 2.45) is 5.92 Å². The maximum Gasteiger partial charge on any atom is 0.309 e. The van der Waals surface area contributed by atoms with Gasteiger partial charge in [0.25, 0.3) is 5.91 Å². The zero-order valence-corrected chi connectivity index (χ0v) is 18.9. The minimum atomic E-state index is -0.434. The normalized spacial score (nSPS) is 19.1. The van der Waals surface area contributed by atoms with Crippen molar-refractivity contribution in [2.45, 2.75) is 32.7 Å². The van der Waals surface area contributed by atoms with E-state index >= 15 is 0 Å². The molecule has 0 saturated carbocycles. The molecule has 2 aromatic rings. The van der Waals surface area contributed by atoms with Gasteiger partial charge in [-0.2, -0.15) is 5.10 Å². The highest BCUT2D eigenvalue weighted by Gasteiger charge is 2.37. The Kier molecular flexibility index (Phi) is 6.25. The molecule has 0 radical (unpaired) electrons. The molecule has 1 fully saturated rings. The van der Waals surface area contributed by atoms with Crippen LogP contribution in [0, 0.1) is 5.92 Å². The topological polar surface area (TPSA) is 76.5 Å². The fourth-order valence-electron chi connectivity index (χ4n) is 4.22. The third-order valence-corrected chi connectivity index (χ3v) is 6.54. The average Bonchev–Trinajstić information content (AvgIpc) is 3.22. The Hall–Kier alpha value is -2.51. The van der Waals surface area contributed by atoms with Gasteiger partial charge in [0.05, 0.1) is 34.3 Å². The van der Waals surface area contributed by atoms with Gasteiger partial charge in [-0.15, -0.1) is 0 Å². The first-order chi connectivity index (χ1) is 14.9. The van der Waals surface area contributed by atoms with Crippen molar-refractivity contribution < 1.29 is 14.3 Å². The highest BCUT2D eigenvalue weighted by molar-refractivity contribution is 6.42. The Labute approximate surface area is 190 Å². The third kappa shape index (κ3) is 4.16. The molecular weight excluding hydrogens is 439 g/mol. The second kappa shape index (κ2) is 8.93. The standard InChI is InChI=1S/C22H24Cl2N4O3/c1-3-31-22(30)14-7-10-27(11-8-14)21(29)19-13(2)26-18-6-9-25-28(18)20(19)15-4-5-16(23)17(24)12-15/h4-6,9,12,14,20,26H,3,7-8,10-11H2,1-2H3. The van der Waals surface area contributed by atoms with E-state index in [1.807, 2.05) is 19.1 Å². The summed E-state index contributed by atoms with van der Waals surface area (Å²) in [6.07, 6.45) is 2.88. The van der Waals surface area contributed by atoms with Crippen molar-refractivity contribution in [2.75, 3.05) is 25.0 Å². The van der Waals surface area contributed by atoms with E-state index in [1.54, 1.807) is 34.8 Å². The quantitative estimate of drug-likeness (QED) is 0.686.